The number of rotatable bonds is 1. The third-order valence-electron chi connectivity index (χ3n) is 2.64. The van der Waals surface area contributed by atoms with Crippen molar-refractivity contribution in [3.05, 3.63) is 0 Å². The van der Waals surface area contributed by atoms with Crippen LogP contribution in [0.3, 0.4) is 0 Å². The van der Waals surface area contributed by atoms with Crippen LogP contribution in [0.4, 0.5) is 0 Å². The smallest absolute Gasteiger partial charge is 0.239 e. The van der Waals surface area contributed by atoms with Crippen molar-refractivity contribution in [3.8, 4) is 0 Å². The Balaban J connectivity index is 2.60. The number of amides is 1. The maximum absolute atomic E-state index is 11.7. The molecule has 0 aliphatic carbocycles. The molecule has 1 aliphatic heterocycles. The predicted octanol–water partition coefficient (Wildman–Crippen LogP) is -0.504. The lowest BCUT2D eigenvalue weighted by Crippen LogP contribution is -2.52. The molecule has 76 valence electrons. The normalized spacial score (nSPS) is 30.2. The van der Waals surface area contributed by atoms with Crippen molar-refractivity contribution in [1.29, 1.82) is 0 Å². The van der Waals surface area contributed by atoms with Gasteiger partial charge in [-0.15, -0.1) is 0 Å². The fourth-order valence-electron chi connectivity index (χ4n) is 1.70. The number of carbonyl (C=O) groups is 1. The first kappa shape index (κ1) is 10.5. The minimum atomic E-state index is -0.0150. The van der Waals surface area contributed by atoms with Crippen LogP contribution in [0.5, 0.6) is 0 Å². The summed E-state index contributed by atoms with van der Waals surface area (Å²) in [7, 11) is 5.56. The maximum Gasteiger partial charge on any atom is 0.239 e. The van der Waals surface area contributed by atoms with Gasteiger partial charge in [-0.05, 0) is 19.9 Å². The standard InChI is InChI=1S/C9H19N3O/c1-11(2)9(13)8-6-7(10)4-5-12(8)3/h7-8H,4-6,10H2,1-3H3. The number of nitrogens with zero attached hydrogens (tertiary/aromatic N) is 2. The first-order valence-electron chi connectivity index (χ1n) is 4.69. The van der Waals surface area contributed by atoms with E-state index in [0.717, 1.165) is 19.4 Å². The lowest BCUT2D eigenvalue weighted by Gasteiger charge is -2.35. The summed E-state index contributed by atoms with van der Waals surface area (Å²) in [6, 6.07) is 0.170. The van der Waals surface area contributed by atoms with E-state index in [2.05, 4.69) is 4.90 Å². The van der Waals surface area contributed by atoms with Crippen LogP contribution in [0.15, 0.2) is 0 Å². The summed E-state index contributed by atoms with van der Waals surface area (Å²) < 4.78 is 0. The van der Waals surface area contributed by atoms with Crippen molar-refractivity contribution >= 4 is 5.91 Å². The van der Waals surface area contributed by atoms with Gasteiger partial charge >= 0.3 is 0 Å². The van der Waals surface area contributed by atoms with E-state index >= 15 is 0 Å². The number of likely N-dealkylation sites (tertiary alicyclic amines) is 1. The average Bonchev–Trinajstić information content (AvgIpc) is 2.08. The van der Waals surface area contributed by atoms with Crippen LogP contribution in [0.1, 0.15) is 12.8 Å². The molecule has 2 atom stereocenters. The highest BCUT2D eigenvalue weighted by Gasteiger charge is 2.30. The molecular formula is C9H19N3O. The van der Waals surface area contributed by atoms with Crippen molar-refractivity contribution in [1.82, 2.24) is 9.80 Å². The van der Waals surface area contributed by atoms with Gasteiger partial charge in [0.15, 0.2) is 0 Å². The summed E-state index contributed by atoms with van der Waals surface area (Å²) in [6.07, 6.45) is 1.78. The molecule has 1 amide bonds. The summed E-state index contributed by atoms with van der Waals surface area (Å²) in [5, 5.41) is 0. The van der Waals surface area contributed by atoms with E-state index in [4.69, 9.17) is 5.73 Å². The molecule has 0 aromatic carbocycles. The van der Waals surface area contributed by atoms with Crippen LogP contribution in [-0.4, -0.2) is 55.5 Å². The highest BCUT2D eigenvalue weighted by Crippen LogP contribution is 2.15. The number of piperidine rings is 1. The number of likely N-dealkylation sites (N-methyl/N-ethyl adjacent to an activating group) is 2. The topological polar surface area (TPSA) is 49.6 Å². The molecule has 13 heavy (non-hydrogen) atoms. The summed E-state index contributed by atoms with van der Waals surface area (Å²) in [5.74, 6) is 0.164. The van der Waals surface area contributed by atoms with Crippen molar-refractivity contribution in [2.75, 3.05) is 27.7 Å². The van der Waals surface area contributed by atoms with E-state index < -0.39 is 0 Å². The molecule has 1 aliphatic rings. The van der Waals surface area contributed by atoms with Crippen LogP contribution in [0.2, 0.25) is 0 Å². The second-order valence-corrected chi connectivity index (χ2v) is 4.01. The summed E-state index contributed by atoms with van der Waals surface area (Å²) in [4.78, 5) is 15.4. The quantitative estimate of drug-likeness (QED) is 0.599. The minimum Gasteiger partial charge on any atom is -0.347 e. The van der Waals surface area contributed by atoms with Crippen LogP contribution >= 0.6 is 0 Å². The van der Waals surface area contributed by atoms with Crippen molar-refractivity contribution in [2.24, 2.45) is 5.73 Å². The molecule has 1 fully saturated rings. The second-order valence-electron chi connectivity index (χ2n) is 4.01. The van der Waals surface area contributed by atoms with Gasteiger partial charge in [0.25, 0.3) is 0 Å². The number of hydrogen-bond acceptors (Lipinski definition) is 3. The van der Waals surface area contributed by atoms with Gasteiger partial charge in [0.05, 0.1) is 6.04 Å². The molecule has 1 rings (SSSR count). The van der Waals surface area contributed by atoms with Crippen molar-refractivity contribution < 1.29 is 4.79 Å². The number of hydrogen-bond donors (Lipinski definition) is 1. The Morgan fingerprint density at radius 3 is 2.69 bits per heavy atom. The minimum absolute atomic E-state index is 0.0150. The lowest BCUT2D eigenvalue weighted by atomic mass is 9.98. The van der Waals surface area contributed by atoms with Gasteiger partial charge in [0.2, 0.25) is 5.91 Å². The highest BCUT2D eigenvalue weighted by molar-refractivity contribution is 5.81. The Bertz CT molecular complexity index is 193. The third kappa shape index (κ3) is 2.42. The van der Waals surface area contributed by atoms with E-state index in [1.54, 1.807) is 19.0 Å². The zero-order valence-corrected chi connectivity index (χ0v) is 8.66. The van der Waals surface area contributed by atoms with Gasteiger partial charge in [0, 0.05) is 26.7 Å². The SMILES string of the molecule is CN(C)C(=O)C1CC(N)CCN1C. The molecule has 0 aromatic rings. The van der Waals surface area contributed by atoms with Crippen molar-refractivity contribution in [3.63, 3.8) is 0 Å². The summed E-state index contributed by atoms with van der Waals surface area (Å²) in [6.45, 7) is 0.922. The molecule has 2 N–H and O–H groups in total. The Kier molecular flexibility index (Phi) is 3.27. The molecule has 4 nitrogen and oxygen atoms in total. The Labute approximate surface area is 79.7 Å². The van der Waals surface area contributed by atoms with E-state index in [1.807, 2.05) is 7.05 Å². The third-order valence-corrected chi connectivity index (χ3v) is 2.64. The maximum atomic E-state index is 11.7. The Morgan fingerprint density at radius 2 is 2.15 bits per heavy atom. The van der Waals surface area contributed by atoms with Gasteiger partial charge < -0.3 is 10.6 Å². The zero-order chi connectivity index (χ0) is 10.0. The first-order chi connectivity index (χ1) is 6.02. The van der Waals surface area contributed by atoms with E-state index in [-0.39, 0.29) is 18.0 Å². The molecule has 0 saturated carbocycles. The number of nitrogens with two attached hydrogens (primary N) is 1. The fourth-order valence-corrected chi connectivity index (χ4v) is 1.70. The van der Waals surface area contributed by atoms with Gasteiger partial charge in [-0.25, -0.2) is 0 Å². The molecular weight excluding hydrogens is 166 g/mol. The van der Waals surface area contributed by atoms with E-state index in [9.17, 15) is 4.79 Å². The molecule has 1 saturated heterocycles. The Hall–Kier alpha value is -0.610. The van der Waals surface area contributed by atoms with E-state index in [1.165, 1.54) is 0 Å². The Morgan fingerprint density at radius 1 is 1.54 bits per heavy atom. The second kappa shape index (κ2) is 4.07. The molecule has 4 heteroatoms. The van der Waals surface area contributed by atoms with E-state index in [0.29, 0.717) is 0 Å². The van der Waals surface area contributed by atoms with Crippen LogP contribution in [-0.2, 0) is 4.79 Å². The number of carbonyl (C=O) groups excluding carboxylic acids is 1. The van der Waals surface area contributed by atoms with Crippen molar-refractivity contribution in [2.45, 2.75) is 24.9 Å². The van der Waals surface area contributed by atoms with Crippen LogP contribution < -0.4 is 5.73 Å². The zero-order valence-electron chi connectivity index (χ0n) is 8.66. The molecule has 2 unspecified atom stereocenters. The first-order valence-corrected chi connectivity index (χ1v) is 4.69. The summed E-state index contributed by atoms with van der Waals surface area (Å²) >= 11 is 0. The lowest BCUT2D eigenvalue weighted by molar-refractivity contribution is -0.135. The predicted molar refractivity (Wildman–Crippen MR) is 52.3 cm³/mol. The van der Waals surface area contributed by atoms with Gasteiger partial charge in [0.1, 0.15) is 0 Å². The monoisotopic (exact) mass is 185 g/mol. The van der Waals surface area contributed by atoms with Crippen LogP contribution in [0, 0.1) is 0 Å². The highest BCUT2D eigenvalue weighted by atomic mass is 16.2. The molecule has 0 aromatic heterocycles. The van der Waals surface area contributed by atoms with Gasteiger partial charge in [-0.3, -0.25) is 9.69 Å². The van der Waals surface area contributed by atoms with Gasteiger partial charge in [-0.2, -0.15) is 0 Å². The van der Waals surface area contributed by atoms with Crippen LogP contribution in [0.25, 0.3) is 0 Å². The molecule has 0 bridgehead atoms. The summed E-state index contributed by atoms with van der Waals surface area (Å²) in [5.41, 5.74) is 5.83. The average molecular weight is 185 g/mol. The fraction of sp³-hybridized carbons (Fsp3) is 0.889. The largest absolute Gasteiger partial charge is 0.347 e. The molecule has 0 radical (unpaired) electrons. The molecule has 1 heterocycles. The molecule has 0 spiro atoms. The van der Waals surface area contributed by atoms with Gasteiger partial charge in [-0.1, -0.05) is 0 Å².